The average Bonchev–Trinajstić information content (AvgIpc) is 2.79. The third-order valence-corrected chi connectivity index (χ3v) is 5.56. The third-order valence-electron chi connectivity index (χ3n) is 5.56. The number of rotatable bonds is 4. The summed E-state index contributed by atoms with van der Waals surface area (Å²) in [5.74, 6) is 0.503. The van der Waals surface area contributed by atoms with E-state index in [1.807, 2.05) is 42.5 Å². The predicted octanol–water partition coefficient (Wildman–Crippen LogP) is 2.18. The lowest BCUT2D eigenvalue weighted by atomic mass is 10.1. The van der Waals surface area contributed by atoms with Crippen LogP contribution in [-0.2, 0) is 9.59 Å². The number of carbonyl (C=O) groups excluding carboxylic acids is 3. The van der Waals surface area contributed by atoms with E-state index in [0.717, 1.165) is 0 Å². The van der Waals surface area contributed by atoms with Gasteiger partial charge in [0.2, 0.25) is 5.91 Å². The molecule has 156 valence electrons. The van der Waals surface area contributed by atoms with Gasteiger partial charge in [-0.15, -0.1) is 0 Å². The first-order valence-corrected chi connectivity index (χ1v) is 10.2. The number of amides is 3. The lowest BCUT2D eigenvalue weighted by molar-refractivity contribution is -0.132. The first-order chi connectivity index (χ1) is 14.5. The largest absolute Gasteiger partial charge is 0.479 e. The second-order valence-electron chi connectivity index (χ2n) is 7.51. The van der Waals surface area contributed by atoms with E-state index in [0.29, 0.717) is 49.7 Å². The van der Waals surface area contributed by atoms with Crippen LogP contribution in [0.25, 0.3) is 0 Å². The molecule has 2 aromatic rings. The molecular weight excluding hydrogens is 382 g/mol. The molecule has 4 rings (SSSR count). The van der Waals surface area contributed by atoms with Gasteiger partial charge in [0.15, 0.2) is 6.10 Å². The summed E-state index contributed by atoms with van der Waals surface area (Å²) in [6.07, 6.45) is -0.332. The SMILES string of the molecule is CC1Oc2ccccc2N(CCC(=O)N2CCN(C(=O)c3ccccc3)CC2)C1=O. The molecule has 1 fully saturated rings. The highest BCUT2D eigenvalue weighted by molar-refractivity contribution is 6.00. The molecule has 0 N–H and O–H groups in total. The number of fused-ring (bicyclic) bond motifs is 1. The molecule has 2 aromatic carbocycles. The lowest BCUT2D eigenvalue weighted by Crippen LogP contribution is -2.51. The van der Waals surface area contributed by atoms with Crippen LogP contribution in [0.4, 0.5) is 5.69 Å². The zero-order valence-corrected chi connectivity index (χ0v) is 17.0. The van der Waals surface area contributed by atoms with E-state index in [-0.39, 0.29) is 24.1 Å². The summed E-state index contributed by atoms with van der Waals surface area (Å²) in [7, 11) is 0. The maximum absolute atomic E-state index is 12.7. The molecule has 0 aliphatic carbocycles. The van der Waals surface area contributed by atoms with Gasteiger partial charge in [0, 0.05) is 44.7 Å². The zero-order valence-electron chi connectivity index (χ0n) is 17.0. The number of para-hydroxylation sites is 2. The van der Waals surface area contributed by atoms with Crippen molar-refractivity contribution in [3.8, 4) is 5.75 Å². The number of piperazine rings is 1. The van der Waals surface area contributed by atoms with Crippen molar-refractivity contribution in [2.24, 2.45) is 0 Å². The molecule has 1 saturated heterocycles. The molecule has 1 atom stereocenters. The van der Waals surface area contributed by atoms with E-state index in [1.165, 1.54) is 0 Å². The van der Waals surface area contributed by atoms with Crippen LogP contribution in [0.1, 0.15) is 23.7 Å². The highest BCUT2D eigenvalue weighted by Gasteiger charge is 2.32. The topological polar surface area (TPSA) is 70.2 Å². The highest BCUT2D eigenvalue weighted by Crippen LogP contribution is 2.33. The molecule has 0 aromatic heterocycles. The number of carbonyl (C=O) groups is 3. The van der Waals surface area contributed by atoms with Crippen molar-refractivity contribution in [3.05, 3.63) is 60.2 Å². The molecule has 2 heterocycles. The smallest absolute Gasteiger partial charge is 0.267 e. The molecule has 2 aliphatic rings. The van der Waals surface area contributed by atoms with Gasteiger partial charge in [-0.05, 0) is 31.2 Å². The van der Waals surface area contributed by atoms with Gasteiger partial charge in [-0.1, -0.05) is 30.3 Å². The van der Waals surface area contributed by atoms with Gasteiger partial charge in [0.25, 0.3) is 11.8 Å². The first-order valence-electron chi connectivity index (χ1n) is 10.2. The van der Waals surface area contributed by atoms with Gasteiger partial charge in [0.1, 0.15) is 5.75 Å². The standard InChI is InChI=1S/C23H25N3O4/c1-17-22(28)26(19-9-5-6-10-20(19)30-17)12-11-21(27)24-13-15-25(16-14-24)23(29)18-7-3-2-4-8-18/h2-10,17H,11-16H2,1H3. The van der Waals surface area contributed by atoms with Crippen LogP contribution in [0.3, 0.4) is 0 Å². The van der Waals surface area contributed by atoms with Gasteiger partial charge < -0.3 is 19.4 Å². The van der Waals surface area contributed by atoms with E-state index >= 15 is 0 Å². The molecule has 1 unspecified atom stereocenters. The second-order valence-corrected chi connectivity index (χ2v) is 7.51. The quantitative estimate of drug-likeness (QED) is 0.779. The Hall–Kier alpha value is -3.35. The molecule has 0 saturated carbocycles. The van der Waals surface area contributed by atoms with Gasteiger partial charge >= 0.3 is 0 Å². The Balaban J connectivity index is 1.32. The molecule has 3 amide bonds. The summed E-state index contributed by atoms with van der Waals surface area (Å²) in [6, 6.07) is 16.6. The van der Waals surface area contributed by atoms with Gasteiger partial charge in [-0.2, -0.15) is 0 Å². The Morgan fingerprint density at radius 1 is 0.933 bits per heavy atom. The van der Waals surface area contributed by atoms with Crippen LogP contribution < -0.4 is 9.64 Å². The summed E-state index contributed by atoms with van der Waals surface area (Å²) in [5, 5.41) is 0. The Bertz CT molecular complexity index is 938. The Labute approximate surface area is 175 Å². The number of benzene rings is 2. The number of anilines is 1. The van der Waals surface area contributed by atoms with E-state index in [2.05, 4.69) is 0 Å². The molecule has 7 nitrogen and oxygen atoms in total. The molecule has 2 aliphatic heterocycles. The van der Waals surface area contributed by atoms with E-state index < -0.39 is 6.10 Å². The monoisotopic (exact) mass is 407 g/mol. The Morgan fingerprint density at radius 3 is 2.30 bits per heavy atom. The minimum absolute atomic E-state index is 0.00722. The normalized spacial score (nSPS) is 18.6. The summed E-state index contributed by atoms with van der Waals surface area (Å²) < 4.78 is 5.64. The van der Waals surface area contributed by atoms with E-state index in [1.54, 1.807) is 33.8 Å². The van der Waals surface area contributed by atoms with Gasteiger partial charge in [-0.25, -0.2) is 0 Å². The van der Waals surface area contributed by atoms with E-state index in [9.17, 15) is 14.4 Å². The Kier molecular flexibility index (Phi) is 5.70. The molecule has 30 heavy (non-hydrogen) atoms. The zero-order chi connectivity index (χ0) is 21.1. The summed E-state index contributed by atoms with van der Waals surface area (Å²) >= 11 is 0. The van der Waals surface area contributed by atoms with Crippen molar-refractivity contribution in [1.82, 2.24) is 9.80 Å². The van der Waals surface area contributed by atoms with Crippen molar-refractivity contribution in [3.63, 3.8) is 0 Å². The molecule has 0 radical (unpaired) electrons. The van der Waals surface area contributed by atoms with Crippen LogP contribution in [0, 0.1) is 0 Å². The average molecular weight is 407 g/mol. The van der Waals surface area contributed by atoms with Gasteiger partial charge in [0.05, 0.1) is 5.69 Å². The van der Waals surface area contributed by atoms with Crippen molar-refractivity contribution < 1.29 is 19.1 Å². The molecule has 0 bridgehead atoms. The second kappa shape index (κ2) is 8.57. The summed E-state index contributed by atoms with van der Waals surface area (Å²) in [4.78, 5) is 43.0. The Morgan fingerprint density at radius 2 is 1.57 bits per heavy atom. The minimum atomic E-state index is -0.567. The fourth-order valence-electron chi connectivity index (χ4n) is 3.88. The number of ether oxygens (including phenoxy) is 1. The molecule has 7 heteroatoms. The van der Waals surface area contributed by atoms with Crippen molar-refractivity contribution in [1.29, 1.82) is 0 Å². The fourth-order valence-corrected chi connectivity index (χ4v) is 3.88. The predicted molar refractivity (Wildman–Crippen MR) is 112 cm³/mol. The van der Waals surface area contributed by atoms with Crippen LogP contribution in [0.2, 0.25) is 0 Å². The lowest BCUT2D eigenvalue weighted by Gasteiger charge is -2.36. The maximum Gasteiger partial charge on any atom is 0.267 e. The minimum Gasteiger partial charge on any atom is -0.479 e. The number of nitrogens with zero attached hydrogens (tertiary/aromatic N) is 3. The van der Waals surface area contributed by atoms with Crippen molar-refractivity contribution >= 4 is 23.4 Å². The van der Waals surface area contributed by atoms with Gasteiger partial charge in [-0.3, -0.25) is 14.4 Å². The first kappa shape index (κ1) is 19.9. The van der Waals surface area contributed by atoms with Crippen molar-refractivity contribution in [2.45, 2.75) is 19.4 Å². The van der Waals surface area contributed by atoms with Crippen LogP contribution >= 0.6 is 0 Å². The fraction of sp³-hybridized carbons (Fsp3) is 0.348. The van der Waals surface area contributed by atoms with Crippen LogP contribution in [0.5, 0.6) is 5.75 Å². The molecule has 0 spiro atoms. The van der Waals surface area contributed by atoms with Crippen LogP contribution in [-0.4, -0.2) is 66.3 Å². The third kappa shape index (κ3) is 4.01. The number of hydrogen-bond donors (Lipinski definition) is 0. The summed E-state index contributed by atoms with van der Waals surface area (Å²) in [6.45, 7) is 4.05. The highest BCUT2D eigenvalue weighted by atomic mass is 16.5. The van der Waals surface area contributed by atoms with Crippen molar-refractivity contribution in [2.75, 3.05) is 37.6 Å². The maximum atomic E-state index is 12.7. The van der Waals surface area contributed by atoms with E-state index in [4.69, 9.17) is 4.74 Å². The number of hydrogen-bond acceptors (Lipinski definition) is 4. The van der Waals surface area contributed by atoms with Crippen LogP contribution in [0.15, 0.2) is 54.6 Å². The molecular formula is C23H25N3O4. The summed E-state index contributed by atoms with van der Waals surface area (Å²) in [5.41, 5.74) is 1.36.